The Balaban J connectivity index is 0.966. The van der Waals surface area contributed by atoms with Crippen LogP contribution in [-0.2, 0) is 22.6 Å². The van der Waals surface area contributed by atoms with Gasteiger partial charge in [0.15, 0.2) is 11.4 Å². The zero-order chi connectivity index (χ0) is 51.6. The van der Waals surface area contributed by atoms with Gasteiger partial charge in [0.25, 0.3) is 11.8 Å². The van der Waals surface area contributed by atoms with Crippen LogP contribution in [-0.4, -0.2) is 105 Å². The van der Waals surface area contributed by atoms with Crippen LogP contribution in [0.25, 0.3) is 28.2 Å². The van der Waals surface area contributed by atoms with E-state index in [1.807, 2.05) is 38.7 Å². The molecule has 3 aromatic heterocycles. The Morgan fingerprint density at radius 3 is 2.36 bits per heavy atom. The standard InChI is InChI=1S/C52H57Cl2FN10O7/c1-6-56-49(70)46-63-62-45(38-21-36(28(2)3)42(66)23-43(38)67)65(46)35-11-10-32(40(55)20-35)26-64-16-13-31(14-17-64)47(68)61-52(50(71)72)27-51(52,15-12-30-8-7-9-34(53)18-30)60-48(69)41-19-33(24-57-41)37-22-44(59-29(4)5)58-25-39(37)54/h7-11,18-25,28-29,31,57,66-67H,6,12-17,26-27H2,1-5H3,(H,56,70)(H,58,59)(H,60,69)(H,61,68)(H,71,72)/t51?,52-/m1/s1. The van der Waals surface area contributed by atoms with Gasteiger partial charge in [0, 0.05) is 71.6 Å². The maximum atomic E-state index is 16.2. The lowest BCUT2D eigenvalue weighted by atomic mass is 9.93. The molecule has 6 aromatic rings. The van der Waals surface area contributed by atoms with Crippen LogP contribution in [0.15, 0.2) is 79.1 Å². The number of amides is 3. The number of hydrogen-bond acceptors (Lipinski definition) is 11. The molecule has 3 amide bonds. The molecular formula is C52H57Cl2FN10O7. The number of nitrogens with one attached hydrogen (secondary N) is 5. The molecule has 17 nitrogen and oxygen atoms in total. The van der Waals surface area contributed by atoms with E-state index in [1.165, 1.54) is 22.9 Å². The third-order valence-corrected chi connectivity index (χ3v) is 14.0. The summed E-state index contributed by atoms with van der Waals surface area (Å²) in [4.78, 5) is 64.1. The molecule has 1 aliphatic carbocycles. The average molecular weight is 1020 g/mol. The molecular weight excluding hydrogens is 967 g/mol. The predicted molar refractivity (Wildman–Crippen MR) is 271 cm³/mol. The van der Waals surface area contributed by atoms with E-state index in [-0.39, 0.29) is 78.0 Å². The Labute approximate surface area is 425 Å². The second-order valence-corrected chi connectivity index (χ2v) is 20.0. The van der Waals surface area contributed by atoms with Gasteiger partial charge in [-0.15, -0.1) is 10.2 Å². The molecule has 20 heteroatoms. The van der Waals surface area contributed by atoms with Crippen molar-refractivity contribution in [2.24, 2.45) is 5.92 Å². The number of pyridine rings is 1. The number of aromatic hydroxyl groups is 2. The zero-order valence-electron chi connectivity index (χ0n) is 40.4. The van der Waals surface area contributed by atoms with Gasteiger partial charge in [-0.25, -0.2) is 14.2 Å². The van der Waals surface area contributed by atoms with E-state index >= 15 is 4.39 Å². The highest BCUT2D eigenvalue weighted by molar-refractivity contribution is 6.33. The molecule has 1 unspecified atom stereocenters. The summed E-state index contributed by atoms with van der Waals surface area (Å²) in [7, 11) is 0. The van der Waals surface area contributed by atoms with Crippen LogP contribution in [0, 0.1) is 11.7 Å². The SMILES string of the molecule is CCNC(=O)c1nnc(-c2cc(C(C)C)c(O)cc2O)n1-c1ccc(CN2CCC(C(=O)N[C@@]3(C(=O)O)CC3(CCc3cccc(Cl)c3)NC(=O)c3cc(-c4cc(NC(C)C)ncc4Cl)c[nH]3)CC2)c(F)c1. The highest BCUT2D eigenvalue weighted by Gasteiger charge is 2.74. The van der Waals surface area contributed by atoms with Crippen molar-refractivity contribution in [3.8, 4) is 39.7 Å². The van der Waals surface area contributed by atoms with Crippen LogP contribution < -0.4 is 21.3 Å². The van der Waals surface area contributed by atoms with E-state index in [1.54, 1.807) is 61.7 Å². The van der Waals surface area contributed by atoms with Gasteiger partial charge in [0.05, 0.1) is 21.8 Å². The van der Waals surface area contributed by atoms with Crippen molar-refractivity contribution < 1.29 is 38.9 Å². The summed E-state index contributed by atoms with van der Waals surface area (Å²) in [6.07, 6.45) is 4.34. The predicted octanol–water partition coefficient (Wildman–Crippen LogP) is 8.23. The number of aryl methyl sites for hydroxylation is 1. The van der Waals surface area contributed by atoms with E-state index in [9.17, 15) is 34.5 Å². The number of piperidine rings is 1. The highest BCUT2D eigenvalue weighted by atomic mass is 35.5. The lowest BCUT2D eigenvalue weighted by Crippen LogP contribution is -2.57. The number of nitrogens with zero attached hydrogens (tertiary/aromatic N) is 5. The number of hydrogen-bond donors (Lipinski definition) is 8. The number of aromatic nitrogens is 5. The number of anilines is 1. The summed E-state index contributed by atoms with van der Waals surface area (Å²) < 4.78 is 17.5. The number of halogens is 3. The zero-order valence-corrected chi connectivity index (χ0v) is 42.0. The van der Waals surface area contributed by atoms with Crippen molar-refractivity contribution in [2.75, 3.05) is 25.0 Å². The van der Waals surface area contributed by atoms with Crippen LogP contribution >= 0.6 is 23.2 Å². The summed E-state index contributed by atoms with van der Waals surface area (Å²) >= 11 is 12.8. The molecule has 4 heterocycles. The number of H-pyrrole nitrogens is 1. The fourth-order valence-corrected chi connectivity index (χ4v) is 9.93. The van der Waals surface area contributed by atoms with Crippen LogP contribution in [0.1, 0.15) is 104 Å². The van der Waals surface area contributed by atoms with Gasteiger partial charge in [-0.1, -0.05) is 55.2 Å². The molecule has 0 spiro atoms. The molecule has 3 aromatic carbocycles. The molecule has 2 atom stereocenters. The van der Waals surface area contributed by atoms with Crippen LogP contribution in [0.3, 0.4) is 0 Å². The van der Waals surface area contributed by atoms with Gasteiger partial charge >= 0.3 is 5.97 Å². The number of carboxylic acids is 1. The lowest BCUT2D eigenvalue weighted by molar-refractivity contribution is -0.145. The number of carbonyl (C=O) groups excluding carboxylic acids is 3. The van der Waals surface area contributed by atoms with E-state index in [0.29, 0.717) is 70.5 Å². The Kier molecular flexibility index (Phi) is 15.0. The van der Waals surface area contributed by atoms with E-state index in [2.05, 4.69) is 41.4 Å². The Bertz CT molecular complexity index is 3040. The minimum absolute atomic E-state index is 0.0635. The van der Waals surface area contributed by atoms with E-state index in [0.717, 1.165) is 5.56 Å². The molecule has 378 valence electrons. The number of carboxylic acid groups (broad SMARTS) is 1. The minimum atomic E-state index is -1.82. The number of aliphatic carboxylic acids is 1. The first-order valence-corrected chi connectivity index (χ1v) is 24.6. The number of rotatable bonds is 18. The summed E-state index contributed by atoms with van der Waals surface area (Å²) in [5, 5.41) is 53.3. The Morgan fingerprint density at radius 2 is 1.68 bits per heavy atom. The molecule has 1 saturated heterocycles. The van der Waals surface area contributed by atoms with Gasteiger partial charge in [-0.3, -0.25) is 23.9 Å². The second-order valence-electron chi connectivity index (χ2n) is 19.1. The second kappa shape index (κ2) is 21.0. The average Bonchev–Trinajstić information content (AvgIpc) is 3.62. The number of phenolic OH excluding ortho intramolecular Hbond substituents is 2. The summed E-state index contributed by atoms with van der Waals surface area (Å²) in [6.45, 7) is 10.7. The largest absolute Gasteiger partial charge is 0.508 e. The first-order chi connectivity index (χ1) is 34.3. The quantitative estimate of drug-likeness (QED) is 0.0406. The molecule has 0 bridgehead atoms. The van der Waals surface area contributed by atoms with Crippen LogP contribution in [0.5, 0.6) is 11.5 Å². The number of phenols is 2. The van der Waals surface area contributed by atoms with Crippen molar-refractivity contribution in [2.45, 2.75) is 96.3 Å². The summed E-state index contributed by atoms with van der Waals surface area (Å²) in [5.41, 5.74) is 0.336. The number of carbonyl (C=O) groups is 4. The van der Waals surface area contributed by atoms with Crippen LogP contribution in [0.2, 0.25) is 10.0 Å². The van der Waals surface area contributed by atoms with Gasteiger partial charge in [-0.05, 0) is 119 Å². The van der Waals surface area contributed by atoms with Crippen molar-refractivity contribution in [1.82, 2.24) is 45.6 Å². The van der Waals surface area contributed by atoms with Gasteiger partial charge < -0.3 is 41.6 Å². The molecule has 2 fully saturated rings. The Morgan fingerprint density at radius 1 is 0.917 bits per heavy atom. The Hall–Kier alpha value is -7.02. The normalized spacial score (nSPS) is 18.0. The molecule has 2 aliphatic rings. The smallest absolute Gasteiger partial charge is 0.331 e. The summed E-state index contributed by atoms with van der Waals surface area (Å²) in [5.74, 6) is -4.01. The van der Waals surface area contributed by atoms with Crippen molar-refractivity contribution in [1.29, 1.82) is 0 Å². The lowest BCUT2D eigenvalue weighted by Gasteiger charge is -2.33. The van der Waals surface area contributed by atoms with Gasteiger partial charge in [0.2, 0.25) is 11.7 Å². The van der Waals surface area contributed by atoms with E-state index in [4.69, 9.17) is 23.2 Å². The van der Waals surface area contributed by atoms with Gasteiger partial charge in [0.1, 0.15) is 28.8 Å². The van der Waals surface area contributed by atoms with Crippen molar-refractivity contribution >= 4 is 52.7 Å². The molecule has 1 aliphatic heterocycles. The number of benzene rings is 3. The van der Waals surface area contributed by atoms with E-state index < -0.39 is 46.5 Å². The first kappa shape index (κ1) is 51.3. The molecule has 72 heavy (non-hydrogen) atoms. The topological polar surface area (TPSA) is 240 Å². The molecule has 8 N–H and O–H groups in total. The minimum Gasteiger partial charge on any atom is -0.508 e. The molecule has 8 rings (SSSR count). The molecule has 0 radical (unpaired) electrons. The number of likely N-dealkylation sites (tertiary alicyclic amines) is 1. The van der Waals surface area contributed by atoms with Crippen LogP contribution in [0.4, 0.5) is 10.2 Å². The highest BCUT2D eigenvalue weighted by Crippen LogP contribution is 2.52. The third kappa shape index (κ3) is 10.6. The molecule has 1 saturated carbocycles. The van der Waals surface area contributed by atoms with Crippen molar-refractivity contribution in [3.63, 3.8) is 0 Å². The third-order valence-electron chi connectivity index (χ3n) is 13.4. The van der Waals surface area contributed by atoms with Crippen molar-refractivity contribution in [3.05, 3.63) is 123 Å². The maximum absolute atomic E-state index is 16.2. The summed E-state index contributed by atoms with van der Waals surface area (Å²) in [6, 6.07) is 17.9. The van der Waals surface area contributed by atoms with Gasteiger partial charge in [-0.2, -0.15) is 0 Å². The monoisotopic (exact) mass is 1020 g/mol. The first-order valence-electron chi connectivity index (χ1n) is 23.9. The maximum Gasteiger partial charge on any atom is 0.331 e. The fraction of sp³-hybridized carbons (Fsp3) is 0.365. The fourth-order valence-electron chi connectivity index (χ4n) is 9.51. The number of aromatic amines is 1.